The van der Waals surface area contributed by atoms with Crippen LogP contribution in [0.5, 0.6) is 0 Å². The maximum atomic E-state index is 12.3. The molecule has 4 heteroatoms. The maximum Gasteiger partial charge on any atom is 0.251 e. The zero-order valence-corrected chi connectivity index (χ0v) is 15.9. The van der Waals surface area contributed by atoms with Crippen molar-refractivity contribution >= 4 is 17.5 Å². The number of nitrogens with zero attached hydrogens (tertiary/aromatic N) is 1. The summed E-state index contributed by atoms with van der Waals surface area (Å²) >= 11 is 6.05. The number of benzene rings is 2. The fourth-order valence-electron chi connectivity index (χ4n) is 3.50. The van der Waals surface area contributed by atoms with Crippen molar-refractivity contribution in [1.29, 1.82) is 0 Å². The summed E-state index contributed by atoms with van der Waals surface area (Å²) in [4.78, 5) is 12.3. The highest BCUT2D eigenvalue weighted by Gasteiger charge is 2.24. The Morgan fingerprint density at radius 1 is 1.08 bits per heavy atom. The quantitative estimate of drug-likeness (QED) is 0.639. The average Bonchev–Trinajstić information content (AvgIpc) is 2.90. The summed E-state index contributed by atoms with van der Waals surface area (Å²) in [6, 6.07) is 17.9. The Labute approximate surface area is 159 Å². The molecule has 134 valence electrons. The van der Waals surface area contributed by atoms with Gasteiger partial charge in [0.2, 0.25) is 0 Å². The van der Waals surface area contributed by atoms with Gasteiger partial charge in [0.1, 0.15) is 0 Å². The van der Waals surface area contributed by atoms with Crippen molar-refractivity contribution in [3.63, 3.8) is 0 Å². The van der Waals surface area contributed by atoms with Crippen molar-refractivity contribution < 1.29 is 4.79 Å². The Morgan fingerprint density at radius 2 is 1.73 bits per heavy atom. The molecule has 26 heavy (non-hydrogen) atoms. The lowest BCUT2D eigenvalue weighted by Crippen LogP contribution is -2.13. The van der Waals surface area contributed by atoms with Gasteiger partial charge >= 0.3 is 0 Å². The highest BCUT2D eigenvalue weighted by Crippen LogP contribution is 2.34. The zero-order valence-electron chi connectivity index (χ0n) is 15.1. The summed E-state index contributed by atoms with van der Waals surface area (Å²) in [6.07, 6.45) is 1.86. The first kappa shape index (κ1) is 18.3. The van der Waals surface area contributed by atoms with Gasteiger partial charge in [-0.3, -0.25) is 4.79 Å². The number of nitrogens with two attached hydrogens (primary N) is 1. The number of halogens is 1. The van der Waals surface area contributed by atoms with Gasteiger partial charge in [0.25, 0.3) is 5.91 Å². The van der Waals surface area contributed by atoms with Gasteiger partial charge < -0.3 is 10.3 Å². The van der Waals surface area contributed by atoms with E-state index in [1.165, 1.54) is 5.56 Å². The molecule has 0 aliphatic rings. The van der Waals surface area contributed by atoms with E-state index in [2.05, 4.69) is 23.6 Å². The number of primary amides is 1. The molecule has 3 aromatic rings. The molecule has 2 N–H and O–H groups in total. The van der Waals surface area contributed by atoms with E-state index >= 15 is 0 Å². The standard InChI is InChI=1S/C22H23ClN2O/c1-3-7-19-21(17-10-12-18(23)13-11-17)20(22(24)26)15(2)25(19)14-16-8-5-4-6-9-16/h4-6,8-13H,3,7,14H2,1-2H3,(H2,24,26). The first-order valence-electron chi connectivity index (χ1n) is 8.84. The van der Waals surface area contributed by atoms with E-state index in [-0.39, 0.29) is 0 Å². The van der Waals surface area contributed by atoms with Crippen LogP contribution in [-0.2, 0) is 13.0 Å². The summed E-state index contributed by atoms with van der Waals surface area (Å²) in [5, 5.41) is 0.673. The minimum absolute atomic E-state index is 0.392. The molecular weight excluding hydrogens is 344 g/mol. The predicted octanol–water partition coefficient (Wildman–Crippen LogP) is 5.22. The second-order valence-electron chi connectivity index (χ2n) is 6.47. The van der Waals surface area contributed by atoms with E-state index in [1.807, 2.05) is 49.4 Å². The normalized spacial score (nSPS) is 10.9. The van der Waals surface area contributed by atoms with Crippen LogP contribution >= 0.6 is 11.6 Å². The Hall–Kier alpha value is -2.52. The molecule has 0 fully saturated rings. The molecular formula is C22H23ClN2O. The number of carbonyl (C=O) groups is 1. The first-order chi connectivity index (χ1) is 12.5. The van der Waals surface area contributed by atoms with E-state index in [9.17, 15) is 4.79 Å². The zero-order chi connectivity index (χ0) is 18.7. The van der Waals surface area contributed by atoms with Gasteiger partial charge in [-0.25, -0.2) is 0 Å². The molecule has 1 aromatic heterocycles. The second kappa shape index (κ2) is 7.79. The van der Waals surface area contributed by atoms with Crippen LogP contribution in [-0.4, -0.2) is 10.5 Å². The molecule has 0 aliphatic carbocycles. The molecule has 0 bridgehead atoms. The average molecular weight is 367 g/mol. The number of amides is 1. The molecule has 0 unspecified atom stereocenters. The third-order valence-corrected chi connectivity index (χ3v) is 4.93. The largest absolute Gasteiger partial charge is 0.366 e. The number of carbonyl (C=O) groups excluding carboxylic acids is 1. The number of hydrogen-bond acceptors (Lipinski definition) is 1. The molecule has 0 radical (unpaired) electrons. The summed E-state index contributed by atoms with van der Waals surface area (Å²) < 4.78 is 2.23. The smallest absolute Gasteiger partial charge is 0.251 e. The van der Waals surface area contributed by atoms with Crippen molar-refractivity contribution in [2.24, 2.45) is 5.73 Å². The van der Waals surface area contributed by atoms with Crippen molar-refractivity contribution in [2.75, 3.05) is 0 Å². The molecule has 2 aromatic carbocycles. The van der Waals surface area contributed by atoms with Crippen LogP contribution < -0.4 is 5.73 Å². The molecule has 1 heterocycles. The van der Waals surface area contributed by atoms with Gasteiger partial charge in [-0.2, -0.15) is 0 Å². The van der Waals surface area contributed by atoms with Gasteiger partial charge in [0, 0.05) is 28.5 Å². The second-order valence-corrected chi connectivity index (χ2v) is 6.91. The summed E-state index contributed by atoms with van der Waals surface area (Å²) in [5.74, 6) is -0.392. The third-order valence-electron chi connectivity index (χ3n) is 4.68. The van der Waals surface area contributed by atoms with Crippen LogP contribution in [0.15, 0.2) is 54.6 Å². The van der Waals surface area contributed by atoms with Crippen LogP contribution in [0.2, 0.25) is 5.02 Å². The molecule has 0 saturated heterocycles. The van der Waals surface area contributed by atoms with Gasteiger partial charge in [-0.15, -0.1) is 0 Å². The minimum atomic E-state index is -0.392. The van der Waals surface area contributed by atoms with Crippen LogP contribution in [0.4, 0.5) is 0 Å². The lowest BCUT2D eigenvalue weighted by Gasteiger charge is -2.13. The monoisotopic (exact) mass is 366 g/mol. The van der Waals surface area contributed by atoms with Crippen LogP contribution in [0, 0.1) is 6.92 Å². The maximum absolute atomic E-state index is 12.3. The number of hydrogen-bond donors (Lipinski definition) is 1. The highest BCUT2D eigenvalue weighted by atomic mass is 35.5. The topological polar surface area (TPSA) is 48.0 Å². The number of rotatable bonds is 6. The predicted molar refractivity (Wildman–Crippen MR) is 108 cm³/mol. The van der Waals surface area contributed by atoms with E-state index in [1.54, 1.807) is 0 Å². The Morgan fingerprint density at radius 3 is 2.31 bits per heavy atom. The summed E-state index contributed by atoms with van der Waals surface area (Å²) in [5.41, 5.74) is 11.5. The van der Waals surface area contributed by atoms with Gasteiger partial charge in [0.15, 0.2) is 0 Å². The first-order valence-corrected chi connectivity index (χ1v) is 9.22. The third kappa shape index (κ3) is 3.54. The van der Waals surface area contributed by atoms with Crippen molar-refractivity contribution in [3.8, 4) is 11.1 Å². The Bertz CT molecular complexity index is 912. The lowest BCUT2D eigenvalue weighted by atomic mass is 9.98. The minimum Gasteiger partial charge on any atom is -0.366 e. The summed E-state index contributed by atoms with van der Waals surface area (Å²) in [6.45, 7) is 4.84. The fraction of sp³-hybridized carbons (Fsp3) is 0.227. The van der Waals surface area contributed by atoms with Gasteiger partial charge in [-0.05, 0) is 36.6 Å². The van der Waals surface area contributed by atoms with Crippen LogP contribution in [0.1, 0.15) is 40.7 Å². The van der Waals surface area contributed by atoms with Crippen LogP contribution in [0.25, 0.3) is 11.1 Å². The summed E-state index contributed by atoms with van der Waals surface area (Å²) in [7, 11) is 0. The molecule has 0 spiro atoms. The van der Waals surface area contributed by atoms with Crippen molar-refractivity contribution in [1.82, 2.24) is 4.57 Å². The van der Waals surface area contributed by atoms with Crippen LogP contribution in [0.3, 0.4) is 0 Å². The lowest BCUT2D eigenvalue weighted by molar-refractivity contribution is 0.1000. The molecule has 3 nitrogen and oxygen atoms in total. The Kier molecular flexibility index (Phi) is 5.48. The molecule has 0 atom stereocenters. The van der Waals surface area contributed by atoms with Crippen molar-refractivity contribution in [3.05, 3.63) is 82.1 Å². The Balaban J connectivity index is 2.22. The van der Waals surface area contributed by atoms with Gasteiger partial charge in [0.05, 0.1) is 5.56 Å². The fourth-order valence-corrected chi connectivity index (χ4v) is 3.63. The molecule has 1 amide bonds. The van der Waals surface area contributed by atoms with E-state index in [4.69, 9.17) is 17.3 Å². The number of aromatic nitrogens is 1. The SMILES string of the molecule is CCCc1c(-c2ccc(Cl)cc2)c(C(N)=O)c(C)n1Cc1ccccc1. The highest BCUT2D eigenvalue weighted by molar-refractivity contribution is 6.30. The molecule has 0 aliphatic heterocycles. The molecule has 3 rings (SSSR count). The van der Waals surface area contributed by atoms with Crippen molar-refractivity contribution in [2.45, 2.75) is 33.2 Å². The van der Waals surface area contributed by atoms with Gasteiger partial charge in [-0.1, -0.05) is 67.4 Å². The van der Waals surface area contributed by atoms with E-state index < -0.39 is 5.91 Å². The molecule has 0 saturated carbocycles. The van der Waals surface area contributed by atoms with E-state index in [0.717, 1.165) is 41.9 Å². The van der Waals surface area contributed by atoms with E-state index in [0.29, 0.717) is 10.6 Å².